The van der Waals surface area contributed by atoms with Gasteiger partial charge in [-0.15, -0.1) is 11.3 Å². The third-order valence-corrected chi connectivity index (χ3v) is 5.07. The zero-order valence-corrected chi connectivity index (χ0v) is 16.0. The summed E-state index contributed by atoms with van der Waals surface area (Å²) in [6, 6.07) is 7.55. The molecule has 0 spiro atoms. The molecule has 1 aliphatic heterocycles. The van der Waals surface area contributed by atoms with Crippen molar-refractivity contribution in [2.24, 2.45) is 4.99 Å². The Bertz CT molecular complexity index is 804. The number of aryl methyl sites for hydroxylation is 1. The number of thiazole rings is 1. The summed E-state index contributed by atoms with van der Waals surface area (Å²) in [5.41, 5.74) is 0.849. The van der Waals surface area contributed by atoms with E-state index in [0.717, 1.165) is 21.3 Å². The molecule has 26 heavy (non-hydrogen) atoms. The molecule has 3 rings (SSSR count). The fourth-order valence-electron chi connectivity index (χ4n) is 2.88. The maximum Gasteiger partial charge on any atom is 0.229 e. The second-order valence-corrected chi connectivity index (χ2v) is 7.34. The molecule has 1 aromatic heterocycles. The van der Waals surface area contributed by atoms with Crippen LogP contribution in [0, 0.1) is 6.92 Å². The van der Waals surface area contributed by atoms with E-state index in [1.807, 2.05) is 37.4 Å². The molecule has 2 heterocycles. The Labute approximate surface area is 157 Å². The van der Waals surface area contributed by atoms with Crippen LogP contribution in [0.4, 0.5) is 5.69 Å². The number of anilines is 1. The summed E-state index contributed by atoms with van der Waals surface area (Å²) in [5.74, 6) is 1.51. The molecule has 2 aromatic rings. The Morgan fingerprint density at radius 1 is 1.50 bits per heavy atom. The van der Waals surface area contributed by atoms with Crippen molar-refractivity contribution in [2.45, 2.75) is 25.9 Å². The lowest BCUT2D eigenvalue weighted by molar-refractivity contribution is -0.117. The molecule has 7 nitrogen and oxygen atoms in total. The average Bonchev–Trinajstić information content (AvgIpc) is 3.23. The molecule has 0 saturated carbocycles. The van der Waals surface area contributed by atoms with Crippen molar-refractivity contribution in [3.05, 3.63) is 40.3 Å². The van der Waals surface area contributed by atoms with Gasteiger partial charge in [0.2, 0.25) is 5.91 Å². The summed E-state index contributed by atoms with van der Waals surface area (Å²) in [4.78, 5) is 23.8. The van der Waals surface area contributed by atoms with Gasteiger partial charge < -0.3 is 20.3 Å². The Morgan fingerprint density at radius 2 is 2.35 bits per heavy atom. The summed E-state index contributed by atoms with van der Waals surface area (Å²) < 4.78 is 5.25. The first-order valence-corrected chi connectivity index (χ1v) is 9.23. The van der Waals surface area contributed by atoms with E-state index in [0.29, 0.717) is 25.5 Å². The molecule has 8 heteroatoms. The first-order chi connectivity index (χ1) is 12.6. The van der Waals surface area contributed by atoms with E-state index < -0.39 is 0 Å². The fraction of sp³-hybridized carbons (Fsp3) is 0.389. The summed E-state index contributed by atoms with van der Waals surface area (Å²) in [6.45, 7) is 3.23. The van der Waals surface area contributed by atoms with Gasteiger partial charge in [0.15, 0.2) is 5.96 Å². The highest BCUT2D eigenvalue weighted by Crippen LogP contribution is 2.25. The topological polar surface area (TPSA) is 78.8 Å². The molecule has 1 fully saturated rings. The predicted molar refractivity (Wildman–Crippen MR) is 104 cm³/mol. The molecular weight excluding hydrogens is 350 g/mol. The van der Waals surface area contributed by atoms with Crippen molar-refractivity contribution in [3.63, 3.8) is 0 Å². The van der Waals surface area contributed by atoms with Gasteiger partial charge in [-0.2, -0.15) is 0 Å². The number of hydrogen-bond acceptors (Lipinski definition) is 5. The van der Waals surface area contributed by atoms with Crippen LogP contribution in [0.25, 0.3) is 0 Å². The van der Waals surface area contributed by atoms with Gasteiger partial charge in [0.1, 0.15) is 5.75 Å². The molecule has 1 unspecified atom stereocenters. The maximum atomic E-state index is 12.4. The Kier molecular flexibility index (Phi) is 5.72. The predicted octanol–water partition coefficient (Wildman–Crippen LogP) is 1.93. The van der Waals surface area contributed by atoms with E-state index >= 15 is 0 Å². The van der Waals surface area contributed by atoms with Gasteiger partial charge in [0.25, 0.3) is 0 Å². The molecule has 1 amide bonds. The number of carbonyl (C=O) groups is 1. The quantitative estimate of drug-likeness (QED) is 0.618. The second kappa shape index (κ2) is 8.18. The molecule has 1 atom stereocenters. The third-order valence-electron chi connectivity index (χ3n) is 4.15. The van der Waals surface area contributed by atoms with Crippen LogP contribution in [0.1, 0.15) is 16.3 Å². The number of methoxy groups -OCH3 is 1. The number of nitrogens with zero attached hydrogens (tertiary/aromatic N) is 3. The van der Waals surface area contributed by atoms with Crippen LogP contribution in [0.2, 0.25) is 0 Å². The average molecular weight is 373 g/mol. The van der Waals surface area contributed by atoms with Gasteiger partial charge in [-0.05, 0) is 19.1 Å². The number of aliphatic imine (C=N–C) groups is 1. The number of carbonyl (C=O) groups excluding carboxylic acids is 1. The number of nitrogens with one attached hydrogen (secondary N) is 2. The summed E-state index contributed by atoms with van der Waals surface area (Å²) in [5, 5.41) is 7.65. The maximum absolute atomic E-state index is 12.4. The minimum Gasteiger partial charge on any atom is -0.497 e. The van der Waals surface area contributed by atoms with E-state index in [9.17, 15) is 4.79 Å². The summed E-state index contributed by atoms with van der Waals surface area (Å²) >= 11 is 1.65. The van der Waals surface area contributed by atoms with Crippen LogP contribution >= 0.6 is 11.3 Å². The minimum absolute atomic E-state index is 0.00287. The van der Waals surface area contributed by atoms with Crippen molar-refractivity contribution < 1.29 is 9.53 Å². The van der Waals surface area contributed by atoms with E-state index in [2.05, 4.69) is 20.6 Å². The van der Waals surface area contributed by atoms with Gasteiger partial charge in [0, 0.05) is 42.8 Å². The number of aromatic nitrogens is 1. The largest absolute Gasteiger partial charge is 0.497 e. The first-order valence-electron chi connectivity index (χ1n) is 8.42. The van der Waals surface area contributed by atoms with Crippen molar-refractivity contribution in [1.29, 1.82) is 0 Å². The van der Waals surface area contributed by atoms with E-state index in [1.165, 1.54) is 0 Å². The highest BCUT2D eigenvalue weighted by atomic mass is 32.1. The van der Waals surface area contributed by atoms with Gasteiger partial charge in [-0.1, -0.05) is 6.07 Å². The summed E-state index contributed by atoms with van der Waals surface area (Å²) in [6.07, 6.45) is 2.29. The standard InChI is InChI=1S/C18H23N5O2S/c1-12-20-9-16(26-12)10-21-18(19-2)22-13-7-17(24)23(11-13)14-5-4-6-15(8-14)25-3/h4-6,8-9,13H,7,10-11H2,1-3H3,(H2,19,21,22). The zero-order chi connectivity index (χ0) is 18.5. The van der Waals surface area contributed by atoms with Crippen molar-refractivity contribution in [2.75, 3.05) is 25.6 Å². The minimum atomic E-state index is 0.00287. The van der Waals surface area contributed by atoms with Crippen molar-refractivity contribution in [1.82, 2.24) is 15.6 Å². The highest BCUT2D eigenvalue weighted by molar-refractivity contribution is 7.11. The first kappa shape index (κ1) is 18.2. The smallest absolute Gasteiger partial charge is 0.229 e. The fourth-order valence-corrected chi connectivity index (χ4v) is 3.61. The SMILES string of the molecule is CN=C(NCc1cnc(C)s1)NC1CC(=O)N(c2cccc(OC)c2)C1. The number of rotatable bonds is 5. The lowest BCUT2D eigenvalue weighted by Gasteiger charge is -2.19. The second-order valence-electron chi connectivity index (χ2n) is 6.02. The van der Waals surface area contributed by atoms with Crippen molar-refractivity contribution >= 4 is 28.9 Å². The monoisotopic (exact) mass is 373 g/mol. The van der Waals surface area contributed by atoms with Crippen molar-refractivity contribution in [3.8, 4) is 5.75 Å². The van der Waals surface area contributed by atoms with Crippen LogP contribution in [0.3, 0.4) is 0 Å². The highest BCUT2D eigenvalue weighted by Gasteiger charge is 2.31. The Balaban J connectivity index is 1.58. The molecule has 2 N–H and O–H groups in total. The normalized spacial score (nSPS) is 17.5. The van der Waals surface area contributed by atoms with Crippen LogP contribution in [0.15, 0.2) is 35.5 Å². The van der Waals surface area contributed by atoms with Crippen LogP contribution < -0.4 is 20.3 Å². The zero-order valence-electron chi connectivity index (χ0n) is 15.2. The van der Waals surface area contributed by atoms with E-state index in [4.69, 9.17) is 4.74 Å². The van der Waals surface area contributed by atoms with Gasteiger partial charge >= 0.3 is 0 Å². The molecule has 1 saturated heterocycles. The van der Waals surface area contributed by atoms with Crippen LogP contribution in [0.5, 0.6) is 5.75 Å². The molecule has 1 aliphatic rings. The van der Waals surface area contributed by atoms with Gasteiger partial charge in [-0.3, -0.25) is 9.79 Å². The van der Waals surface area contributed by atoms with Crippen LogP contribution in [-0.4, -0.2) is 43.6 Å². The number of guanidine groups is 1. The van der Waals surface area contributed by atoms with Gasteiger partial charge in [0.05, 0.1) is 24.7 Å². The van der Waals surface area contributed by atoms with E-state index in [1.54, 1.807) is 30.4 Å². The van der Waals surface area contributed by atoms with E-state index in [-0.39, 0.29) is 11.9 Å². The van der Waals surface area contributed by atoms with Gasteiger partial charge in [-0.25, -0.2) is 4.98 Å². The van der Waals surface area contributed by atoms with Crippen LogP contribution in [-0.2, 0) is 11.3 Å². The molecule has 0 aliphatic carbocycles. The molecular formula is C18H23N5O2S. The lowest BCUT2D eigenvalue weighted by Crippen LogP contribution is -2.44. The number of ether oxygens (including phenoxy) is 1. The lowest BCUT2D eigenvalue weighted by atomic mass is 10.2. The Hall–Kier alpha value is -2.61. The number of hydrogen-bond donors (Lipinski definition) is 2. The Morgan fingerprint density at radius 3 is 3.04 bits per heavy atom. The summed E-state index contributed by atoms with van der Waals surface area (Å²) in [7, 11) is 3.35. The molecule has 0 bridgehead atoms. The molecule has 0 radical (unpaired) electrons. The third kappa shape index (κ3) is 4.32. The molecule has 138 valence electrons. The number of amides is 1. The molecule has 1 aromatic carbocycles. The number of benzene rings is 1.